The van der Waals surface area contributed by atoms with E-state index in [-0.39, 0.29) is 6.03 Å². The zero-order valence-corrected chi connectivity index (χ0v) is 18.2. The molecule has 2 amide bonds. The Bertz CT molecular complexity index is 1000. The van der Waals surface area contributed by atoms with E-state index in [1.807, 2.05) is 23.1 Å². The molecule has 0 atom stereocenters. The van der Waals surface area contributed by atoms with Crippen LogP contribution in [0.4, 0.5) is 10.5 Å². The summed E-state index contributed by atoms with van der Waals surface area (Å²) in [7, 11) is 1.57. The smallest absolute Gasteiger partial charge is 0.322 e. The summed E-state index contributed by atoms with van der Waals surface area (Å²) in [4.78, 5) is 21.6. The Morgan fingerprint density at radius 2 is 1.93 bits per heavy atom. The van der Waals surface area contributed by atoms with Gasteiger partial charge in [0.25, 0.3) is 0 Å². The number of piperazine rings is 1. The van der Waals surface area contributed by atoms with Gasteiger partial charge in [-0.15, -0.1) is 11.3 Å². The first kappa shape index (κ1) is 20.7. The molecule has 4 rings (SSSR count). The van der Waals surface area contributed by atoms with E-state index in [0.29, 0.717) is 29.5 Å². The summed E-state index contributed by atoms with van der Waals surface area (Å²) in [5.41, 5.74) is 2.73. The highest BCUT2D eigenvalue weighted by molar-refractivity contribution is 7.09. The van der Waals surface area contributed by atoms with E-state index < -0.39 is 0 Å². The number of nitrogens with one attached hydrogen (secondary N) is 1. The monoisotopic (exact) mass is 442 g/mol. The van der Waals surface area contributed by atoms with Gasteiger partial charge in [-0.3, -0.25) is 4.90 Å². The van der Waals surface area contributed by atoms with E-state index in [1.54, 1.807) is 36.6 Å². The normalized spacial score (nSPS) is 14.5. The predicted molar refractivity (Wildman–Crippen MR) is 121 cm³/mol. The zero-order chi connectivity index (χ0) is 20.9. The van der Waals surface area contributed by atoms with E-state index in [1.165, 1.54) is 0 Å². The number of carbonyl (C=O) groups is 1. The number of urea groups is 1. The molecule has 0 radical (unpaired) electrons. The highest BCUT2D eigenvalue weighted by Crippen LogP contribution is 2.28. The van der Waals surface area contributed by atoms with Crippen molar-refractivity contribution < 1.29 is 9.53 Å². The van der Waals surface area contributed by atoms with Crippen molar-refractivity contribution in [1.29, 1.82) is 0 Å². The second kappa shape index (κ2) is 9.47. The van der Waals surface area contributed by atoms with E-state index in [9.17, 15) is 4.79 Å². The van der Waals surface area contributed by atoms with E-state index in [4.69, 9.17) is 21.3 Å². The van der Waals surface area contributed by atoms with Gasteiger partial charge in [0, 0.05) is 42.1 Å². The highest BCUT2D eigenvalue weighted by atomic mass is 35.5. The Morgan fingerprint density at radius 1 is 1.17 bits per heavy atom. The van der Waals surface area contributed by atoms with Gasteiger partial charge >= 0.3 is 6.03 Å². The summed E-state index contributed by atoms with van der Waals surface area (Å²) < 4.78 is 5.30. The van der Waals surface area contributed by atoms with Gasteiger partial charge in [0.15, 0.2) is 0 Å². The van der Waals surface area contributed by atoms with Crippen molar-refractivity contribution in [3.8, 4) is 17.0 Å². The van der Waals surface area contributed by atoms with Gasteiger partial charge in [0.2, 0.25) is 0 Å². The maximum atomic E-state index is 12.7. The standard InChI is InChI=1S/C22H23ClN4O2S/c1-29-20-8-7-17(23)13-18(20)25-22(28)27-11-9-26(10-12-27)14-21-24-19(15-30-21)16-5-3-2-4-6-16/h2-8,13,15H,9-12,14H2,1H3,(H,25,28). The van der Waals surface area contributed by atoms with Gasteiger partial charge in [0.1, 0.15) is 10.8 Å². The molecule has 156 valence electrons. The molecule has 8 heteroatoms. The van der Waals surface area contributed by atoms with E-state index in [0.717, 1.165) is 35.9 Å². The van der Waals surface area contributed by atoms with Gasteiger partial charge in [-0.1, -0.05) is 41.9 Å². The molecule has 0 saturated carbocycles. The van der Waals surface area contributed by atoms with Crippen LogP contribution in [0.5, 0.6) is 5.75 Å². The third kappa shape index (κ3) is 4.92. The first-order valence-corrected chi connectivity index (χ1v) is 11.0. The molecule has 2 heterocycles. The van der Waals surface area contributed by atoms with E-state index in [2.05, 4.69) is 27.7 Å². The van der Waals surface area contributed by atoms with Gasteiger partial charge in [-0.2, -0.15) is 0 Å². The minimum atomic E-state index is -0.143. The number of amides is 2. The Morgan fingerprint density at radius 3 is 2.67 bits per heavy atom. The lowest BCUT2D eigenvalue weighted by molar-refractivity contribution is 0.143. The Labute approximate surface area is 185 Å². The number of halogens is 1. The molecule has 1 saturated heterocycles. The minimum Gasteiger partial charge on any atom is -0.495 e. The number of methoxy groups -OCH3 is 1. The zero-order valence-electron chi connectivity index (χ0n) is 16.7. The quantitative estimate of drug-likeness (QED) is 0.615. The molecule has 2 aromatic carbocycles. The molecule has 0 bridgehead atoms. The van der Waals surface area contributed by atoms with Crippen LogP contribution in [0.3, 0.4) is 0 Å². The average Bonchev–Trinajstić information content (AvgIpc) is 3.23. The van der Waals surface area contributed by atoms with Crippen LogP contribution in [0.25, 0.3) is 11.3 Å². The van der Waals surface area contributed by atoms with Crippen LogP contribution in [0.2, 0.25) is 5.02 Å². The van der Waals surface area contributed by atoms with Gasteiger partial charge in [-0.25, -0.2) is 9.78 Å². The molecule has 1 aromatic heterocycles. The average molecular weight is 443 g/mol. The molecule has 1 fully saturated rings. The summed E-state index contributed by atoms with van der Waals surface area (Å²) in [6.07, 6.45) is 0. The van der Waals surface area contributed by atoms with Crippen LogP contribution >= 0.6 is 22.9 Å². The fraction of sp³-hybridized carbons (Fsp3) is 0.273. The highest BCUT2D eigenvalue weighted by Gasteiger charge is 2.22. The minimum absolute atomic E-state index is 0.143. The summed E-state index contributed by atoms with van der Waals surface area (Å²) in [6.45, 7) is 3.73. The van der Waals surface area contributed by atoms with Crippen molar-refractivity contribution in [2.45, 2.75) is 6.54 Å². The second-order valence-electron chi connectivity index (χ2n) is 7.03. The Kier molecular flexibility index (Phi) is 6.52. The molecule has 1 N–H and O–H groups in total. The van der Waals surface area contributed by atoms with Crippen LogP contribution in [0.15, 0.2) is 53.9 Å². The fourth-order valence-corrected chi connectivity index (χ4v) is 4.41. The van der Waals surface area contributed by atoms with Crippen molar-refractivity contribution in [3.05, 3.63) is 63.9 Å². The summed E-state index contributed by atoms with van der Waals surface area (Å²) in [5, 5.41) is 6.65. The van der Waals surface area contributed by atoms with Crippen LogP contribution in [0, 0.1) is 0 Å². The van der Waals surface area contributed by atoms with Crippen LogP contribution in [-0.2, 0) is 6.54 Å². The molecular weight excluding hydrogens is 420 g/mol. The van der Waals surface area contributed by atoms with Crippen molar-refractivity contribution in [3.63, 3.8) is 0 Å². The predicted octanol–water partition coefficient (Wildman–Crippen LogP) is 4.82. The summed E-state index contributed by atoms with van der Waals surface area (Å²) >= 11 is 7.73. The number of thiazole rings is 1. The molecule has 1 aliphatic heterocycles. The molecule has 1 aliphatic rings. The van der Waals surface area contributed by atoms with Crippen molar-refractivity contribution in [2.75, 3.05) is 38.6 Å². The summed E-state index contributed by atoms with van der Waals surface area (Å²) in [6, 6.07) is 15.2. The number of hydrogen-bond acceptors (Lipinski definition) is 5. The molecule has 6 nitrogen and oxygen atoms in total. The second-order valence-corrected chi connectivity index (χ2v) is 8.41. The number of carbonyl (C=O) groups excluding carboxylic acids is 1. The number of benzene rings is 2. The number of nitrogens with zero attached hydrogens (tertiary/aromatic N) is 3. The molecule has 0 spiro atoms. The first-order valence-electron chi connectivity index (χ1n) is 9.74. The lowest BCUT2D eigenvalue weighted by Crippen LogP contribution is -2.49. The molecule has 30 heavy (non-hydrogen) atoms. The van der Waals surface area contributed by atoms with Gasteiger partial charge < -0.3 is 15.0 Å². The first-order chi connectivity index (χ1) is 14.6. The van der Waals surface area contributed by atoms with Crippen LogP contribution < -0.4 is 10.1 Å². The van der Waals surface area contributed by atoms with Gasteiger partial charge in [-0.05, 0) is 18.2 Å². The van der Waals surface area contributed by atoms with Gasteiger partial charge in [0.05, 0.1) is 25.0 Å². The number of ether oxygens (including phenoxy) is 1. The number of rotatable bonds is 5. The third-order valence-corrected chi connectivity index (χ3v) is 6.11. The number of anilines is 1. The molecule has 0 aliphatic carbocycles. The van der Waals surface area contributed by atoms with Crippen molar-refractivity contribution >= 4 is 34.7 Å². The third-order valence-electron chi connectivity index (χ3n) is 5.04. The number of hydrogen-bond donors (Lipinski definition) is 1. The largest absolute Gasteiger partial charge is 0.495 e. The topological polar surface area (TPSA) is 57.7 Å². The fourth-order valence-electron chi connectivity index (χ4n) is 3.40. The number of aromatic nitrogens is 1. The van der Waals surface area contributed by atoms with Crippen molar-refractivity contribution in [2.24, 2.45) is 0 Å². The van der Waals surface area contributed by atoms with Crippen LogP contribution in [0.1, 0.15) is 5.01 Å². The SMILES string of the molecule is COc1ccc(Cl)cc1NC(=O)N1CCN(Cc2nc(-c3ccccc3)cs2)CC1. The Hall–Kier alpha value is -2.61. The molecular formula is C22H23ClN4O2S. The lowest BCUT2D eigenvalue weighted by atomic mass is 10.2. The molecule has 0 unspecified atom stereocenters. The Balaban J connectivity index is 1.30. The summed E-state index contributed by atoms with van der Waals surface area (Å²) in [5.74, 6) is 0.587. The lowest BCUT2D eigenvalue weighted by Gasteiger charge is -2.34. The van der Waals surface area contributed by atoms with Crippen molar-refractivity contribution in [1.82, 2.24) is 14.8 Å². The maximum Gasteiger partial charge on any atom is 0.322 e. The molecule has 3 aromatic rings. The van der Waals surface area contributed by atoms with E-state index >= 15 is 0 Å². The maximum absolute atomic E-state index is 12.7. The van der Waals surface area contributed by atoms with Crippen LogP contribution in [-0.4, -0.2) is 54.1 Å².